The molecule has 120 valence electrons. The summed E-state index contributed by atoms with van der Waals surface area (Å²) in [6.45, 7) is 10.4. The summed E-state index contributed by atoms with van der Waals surface area (Å²) in [5.74, 6) is 1.04. The van der Waals surface area contributed by atoms with Crippen molar-refractivity contribution in [2.75, 3.05) is 5.75 Å². The first-order valence-corrected chi connectivity index (χ1v) is 8.05. The number of halogens is 3. The van der Waals surface area contributed by atoms with E-state index in [1.165, 1.54) is 17.8 Å². The third kappa shape index (κ3) is 6.74. The standard InChI is InChI=1S/C16H24F3NS/c1-11(2)10-21-14-7-6-12(9-20-15(3,4)5)8-13(14)16(17,18)19/h6-8,11,20H,9-10H2,1-5H3. The van der Waals surface area contributed by atoms with E-state index in [4.69, 9.17) is 0 Å². The zero-order valence-electron chi connectivity index (χ0n) is 13.3. The topological polar surface area (TPSA) is 12.0 Å². The number of alkyl halides is 3. The van der Waals surface area contributed by atoms with Gasteiger partial charge < -0.3 is 5.32 Å². The average molecular weight is 319 g/mol. The molecule has 1 aromatic rings. The molecular formula is C16H24F3NS. The van der Waals surface area contributed by atoms with Gasteiger partial charge in [-0.05, 0) is 44.4 Å². The monoisotopic (exact) mass is 319 g/mol. The molecule has 0 fully saturated rings. The minimum absolute atomic E-state index is 0.122. The molecule has 1 rings (SSSR count). The van der Waals surface area contributed by atoms with Gasteiger partial charge >= 0.3 is 6.18 Å². The smallest absolute Gasteiger partial charge is 0.308 e. The van der Waals surface area contributed by atoms with E-state index in [2.05, 4.69) is 5.32 Å². The summed E-state index contributed by atoms with van der Waals surface area (Å²) in [6.07, 6.45) is -4.31. The van der Waals surface area contributed by atoms with Crippen LogP contribution < -0.4 is 5.32 Å². The molecule has 0 radical (unpaired) electrons. The molecule has 0 saturated carbocycles. The molecule has 0 bridgehead atoms. The van der Waals surface area contributed by atoms with Crippen molar-refractivity contribution in [2.45, 2.75) is 57.8 Å². The van der Waals surface area contributed by atoms with Gasteiger partial charge in [-0.3, -0.25) is 0 Å². The summed E-state index contributed by atoms with van der Waals surface area (Å²) in [6, 6.07) is 4.63. The maximum atomic E-state index is 13.2. The average Bonchev–Trinajstić information content (AvgIpc) is 2.32. The van der Waals surface area contributed by atoms with Crippen molar-refractivity contribution in [3.05, 3.63) is 29.3 Å². The fourth-order valence-corrected chi connectivity index (χ4v) is 2.67. The van der Waals surface area contributed by atoms with Crippen LogP contribution in [0.1, 0.15) is 45.7 Å². The summed E-state index contributed by atoms with van der Waals surface area (Å²) in [5.41, 5.74) is 0.0104. The zero-order chi connectivity index (χ0) is 16.3. The second-order valence-electron chi connectivity index (χ2n) is 6.64. The van der Waals surface area contributed by atoms with E-state index in [1.54, 1.807) is 12.1 Å². The van der Waals surface area contributed by atoms with Gasteiger partial charge in [-0.2, -0.15) is 13.2 Å². The van der Waals surface area contributed by atoms with Gasteiger partial charge in [-0.25, -0.2) is 0 Å². The minimum atomic E-state index is -4.31. The molecule has 0 saturated heterocycles. The fraction of sp³-hybridized carbons (Fsp3) is 0.625. The quantitative estimate of drug-likeness (QED) is 0.735. The molecule has 0 spiro atoms. The van der Waals surface area contributed by atoms with Gasteiger partial charge in [0.05, 0.1) is 5.56 Å². The maximum Gasteiger partial charge on any atom is 0.417 e. The normalized spacial score (nSPS) is 13.0. The minimum Gasteiger partial charge on any atom is -0.308 e. The molecule has 0 heterocycles. The summed E-state index contributed by atoms with van der Waals surface area (Å²) >= 11 is 1.27. The molecule has 0 aliphatic carbocycles. The van der Waals surface area contributed by atoms with Crippen molar-refractivity contribution in [1.29, 1.82) is 0 Å². The molecule has 21 heavy (non-hydrogen) atoms. The predicted octanol–water partition coefficient (Wildman–Crippen LogP) is 5.34. The highest BCUT2D eigenvalue weighted by molar-refractivity contribution is 7.99. The van der Waals surface area contributed by atoms with Crippen molar-refractivity contribution in [2.24, 2.45) is 5.92 Å². The second-order valence-corrected chi connectivity index (χ2v) is 7.70. The Morgan fingerprint density at radius 1 is 1.14 bits per heavy atom. The van der Waals surface area contributed by atoms with E-state index in [0.717, 1.165) is 0 Å². The Hall–Kier alpha value is -0.680. The van der Waals surface area contributed by atoms with E-state index >= 15 is 0 Å². The Kier molecular flexibility index (Phi) is 6.17. The Bertz CT molecular complexity index is 462. The second kappa shape index (κ2) is 7.05. The van der Waals surface area contributed by atoms with Crippen molar-refractivity contribution in [1.82, 2.24) is 5.32 Å². The van der Waals surface area contributed by atoms with Crippen molar-refractivity contribution in [3.63, 3.8) is 0 Å². The van der Waals surface area contributed by atoms with E-state index in [9.17, 15) is 13.2 Å². The zero-order valence-corrected chi connectivity index (χ0v) is 14.1. The van der Waals surface area contributed by atoms with Crippen LogP contribution in [0.5, 0.6) is 0 Å². The molecule has 1 nitrogen and oxygen atoms in total. The van der Waals surface area contributed by atoms with Gasteiger partial charge in [-0.1, -0.05) is 19.9 Å². The molecule has 0 atom stereocenters. The molecule has 1 aromatic carbocycles. The van der Waals surface area contributed by atoms with Crippen LogP contribution in [0.2, 0.25) is 0 Å². The number of benzene rings is 1. The van der Waals surface area contributed by atoms with Crippen LogP contribution in [0.4, 0.5) is 13.2 Å². The van der Waals surface area contributed by atoms with Crippen molar-refractivity contribution in [3.8, 4) is 0 Å². The molecule has 0 aliphatic heterocycles. The van der Waals surface area contributed by atoms with Crippen LogP contribution >= 0.6 is 11.8 Å². The van der Waals surface area contributed by atoms with Crippen LogP contribution in [0.15, 0.2) is 23.1 Å². The van der Waals surface area contributed by atoms with Crippen molar-refractivity contribution >= 4 is 11.8 Å². The summed E-state index contributed by atoms with van der Waals surface area (Å²) in [7, 11) is 0. The van der Waals surface area contributed by atoms with Gasteiger partial charge in [0.1, 0.15) is 0 Å². The highest BCUT2D eigenvalue weighted by Gasteiger charge is 2.33. The number of hydrogen-bond acceptors (Lipinski definition) is 2. The van der Waals surface area contributed by atoms with Crippen LogP contribution in [0.3, 0.4) is 0 Å². The van der Waals surface area contributed by atoms with E-state index in [0.29, 0.717) is 28.7 Å². The lowest BCUT2D eigenvalue weighted by Gasteiger charge is -2.21. The molecule has 0 unspecified atom stereocenters. The van der Waals surface area contributed by atoms with E-state index in [-0.39, 0.29) is 5.54 Å². The molecule has 0 aliphatic rings. The van der Waals surface area contributed by atoms with Crippen LogP contribution in [-0.2, 0) is 12.7 Å². The maximum absolute atomic E-state index is 13.2. The third-order valence-electron chi connectivity index (χ3n) is 2.74. The van der Waals surface area contributed by atoms with Crippen LogP contribution in [0.25, 0.3) is 0 Å². The number of nitrogens with one attached hydrogen (secondary N) is 1. The largest absolute Gasteiger partial charge is 0.417 e. The van der Waals surface area contributed by atoms with E-state index < -0.39 is 11.7 Å². The van der Waals surface area contributed by atoms with Gasteiger partial charge in [-0.15, -0.1) is 11.8 Å². The molecule has 1 N–H and O–H groups in total. The summed E-state index contributed by atoms with van der Waals surface area (Å²) in [4.78, 5) is 0.315. The van der Waals surface area contributed by atoms with Gasteiger partial charge in [0, 0.05) is 22.7 Å². The molecule has 5 heteroatoms. The summed E-state index contributed by atoms with van der Waals surface area (Å²) in [5, 5.41) is 3.21. The lowest BCUT2D eigenvalue weighted by Crippen LogP contribution is -2.35. The van der Waals surface area contributed by atoms with Crippen LogP contribution in [0, 0.1) is 5.92 Å². The highest BCUT2D eigenvalue weighted by Crippen LogP contribution is 2.37. The van der Waals surface area contributed by atoms with Crippen LogP contribution in [-0.4, -0.2) is 11.3 Å². The first kappa shape index (κ1) is 18.4. The molecular weight excluding hydrogens is 295 g/mol. The first-order chi connectivity index (χ1) is 9.49. The Balaban J connectivity index is 2.96. The Morgan fingerprint density at radius 3 is 2.24 bits per heavy atom. The lowest BCUT2D eigenvalue weighted by molar-refractivity contribution is -0.139. The number of hydrogen-bond donors (Lipinski definition) is 1. The van der Waals surface area contributed by atoms with Gasteiger partial charge in [0.25, 0.3) is 0 Å². The Labute approximate surface area is 129 Å². The SMILES string of the molecule is CC(C)CSc1ccc(CNC(C)(C)C)cc1C(F)(F)F. The van der Waals surface area contributed by atoms with E-state index in [1.807, 2.05) is 34.6 Å². The van der Waals surface area contributed by atoms with Gasteiger partial charge in [0.15, 0.2) is 0 Å². The van der Waals surface area contributed by atoms with Crippen molar-refractivity contribution < 1.29 is 13.2 Å². The highest BCUT2D eigenvalue weighted by atomic mass is 32.2. The third-order valence-corrected chi connectivity index (χ3v) is 4.24. The first-order valence-electron chi connectivity index (χ1n) is 7.07. The number of rotatable bonds is 5. The van der Waals surface area contributed by atoms with Gasteiger partial charge in [0.2, 0.25) is 0 Å². The fourth-order valence-electron chi connectivity index (χ4n) is 1.66. The summed E-state index contributed by atoms with van der Waals surface area (Å²) < 4.78 is 39.6. The molecule has 0 aromatic heterocycles. The number of thioether (sulfide) groups is 1. The lowest BCUT2D eigenvalue weighted by atomic mass is 10.1. The Morgan fingerprint density at radius 2 is 1.76 bits per heavy atom. The predicted molar refractivity (Wildman–Crippen MR) is 83.6 cm³/mol. The molecule has 0 amide bonds.